The summed E-state index contributed by atoms with van der Waals surface area (Å²) in [6.07, 6.45) is 8.97. The second kappa shape index (κ2) is 11.6. The van der Waals surface area contributed by atoms with Crippen molar-refractivity contribution in [3.05, 3.63) is 84.2 Å². The molecule has 1 heterocycles. The van der Waals surface area contributed by atoms with E-state index < -0.39 is 0 Å². The van der Waals surface area contributed by atoms with Gasteiger partial charge >= 0.3 is 0 Å². The van der Waals surface area contributed by atoms with Gasteiger partial charge in [0.1, 0.15) is 0 Å². The van der Waals surface area contributed by atoms with Gasteiger partial charge in [-0.1, -0.05) is 69.3 Å². The number of aromatic amines is 1. The zero-order valence-electron chi connectivity index (χ0n) is 18.8. The van der Waals surface area contributed by atoms with E-state index >= 15 is 0 Å². The van der Waals surface area contributed by atoms with E-state index in [2.05, 4.69) is 79.2 Å². The van der Waals surface area contributed by atoms with Crippen LogP contribution in [-0.4, -0.2) is 29.5 Å². The molecule has 1 N–H and O–H groups in total. The number of nitrogens with zero attached hydrogens (tertiary/aromatic N) is 1. The fourth-order valence-electron chi connectivity index (χ4n) is 4.29. The first-order chi connectivity index (χ1) is 14.8. The van der Waals surface area contributed by atoms with Crippen molar-refractivity contribution in [1.29, 1.82) is 0 Å². The molecule has 158 valence electrons. The lowest BCUT2D eigenvalue weighted by molar-refractivity contribution is 0.321. The molecule has 0 spiro atoms. The van der Waals surface area contributed by atoms with Crippen molar-refractivity contribution in [3.8, 4) is 0 Å². The van der Waals surface area contributed by atoms with Crippen LogP contribution in [0.3, 0.4) is 0 Å². The molecule has 0 aliphatic heterocycles. The minimum atomic E-state index is 1.19. The summed E-state index contributed by atoms with van der Waals surface area (Å²) in [5.74, 6) is 0. The molecule has 3 aromatic carbocycles. The number of hydrogen-bond acceptors (Lipinski definition) is 1. The molecule has 5 rings (SSSR count). The predicted octanol–water partition coefficient (Wildman–Crippen LogP) is 7.23. The summed E-state index contributed by atoms with van der Waals surface area (Å²) in [7, 11) is 0. The highest BCUT2D eigenvalue weighted by molar-refractivity contribution is 6.08. The largest absolute Gasteiger partial charge is 0.368 e. The molecule has 1 aliphatic carbocycles. The molecule has 0 saturated heterocycles. The topological polar surface area (TPSA) is 19.0 Å². The summed E-state index contributed by atoms with van der Waals surface area (Å²) < 4.78 is 0. The molecule has 0 amide bonds. The molecule has 0 atom stereocenters. The maximum atomic E-state index is 2.86. The molecule has 0 fully saturated rings. The highest BCUT2D eigenvalue weighted by Crippen LogP contribution is 2.33. The first kappa shape index (κ1) is 22.1. The second-order valence-corrected chi connectivity index (χ2v) is 7.80. The van der Waals surface area contributed by atoms with E-state index in [1.807, 2.05) is 24.5 Å². The molecule has 1 aliphatic rings. The van der Waals surface area contributed by atoms with Crippen molar-refractivity contribution < 1.29 is 0 Å². The summed E-state index contributed by atoms with van der Waals surface area (Å²) in [6, 6.07) is 21.9. The van der Waals surface area contributed by atoms with E-state index in [0.29, 0.717) is 0 Å². The Labute approximate surface area is 181 Å². The van der Waals surface area contributed by atoms with Crippen LogP contribution in [0.2, 0.25) is 0 Å². The Bertz CT molecular complexity index is 991. The minimum Gasteiger partial charge on any atom is -0.368 e. The Hall–Kier alpha value is -2.58. The number of rotatable bonds is 3. The molecule has 0 radical (unpaired) electrons. The van der Waals surface area contributed by atoms with Crippen LogP contribution in [0.25, 0.3) is 21.5 Å². The lowest BCUT2D eigenvalue weighted by Gasteiger charge is -2.18. The van der Waals surface area contributed by atoms with E-state index in [1.54, 1.807) is 11.1 Å². The van der Waals surface area contributed by atoms with E-state index in [-0.39, 0.29) is 0 Å². The molecule has 0 saturated carbocycles. The zero-order valence-corrected chi connectivity index (χ0v) is 18.8. The first-order valence-electron chi connectivity index (χ1n) is 11.5. The number of aromatic nitrogens is 1. The summed E-state index contributed by atoms with van der Waals surface area (Å²) in [4.78, 5) is 5.24. The molecule has 0 bridgehead atoms. The average molecular weight is 401 g/mol. The molecule has 30 heavy (non-hydrogen) atoms. The van der Waals surface area contributed by atoms with Gasteiger partial charge in [0.2, 0.25) is 0 Å². The standard InChI is InChI=1S/C18H16.C6H15N.C4H5N/c1-3-7-15-13(5-1)9-11-18-16-8-4-2-6-14(16)10-12-17(15)18;1-4-7(5-2)6-3;1-2-4-5-3-1/h1,3,5,7,9-12H,2,4,6,8H2;4-6H2,1-3H3;1-5H. The van der Waals surface area contributed by atoms with Crippen molar-refractivity contribution in [1.82, 2.24) is 9.88 Å². The van der Waals surface area contributed by atoms with Gasteiger partial charge in [-0.05, 0) is 90.1 Å². The SMILES string of the molecule is CCN(CC)CC.c1cc[nH]c1.c1ccc2c(c1)ccc1c3c(ccc12)CCCC3. The quantitative estimate of drug-likeness (QED) is 0.359. The van der Waals surface area contributed by atoms with Gasteiger partial charge in [0.15, 0.2) is 0 Å². The second-order valence-electron chi connectivity index (χ2n) is 7.80. The van der Waals surface area contributed by atoms with Crippen LogP contribution in [-0.2, 0) is 12.8 Å². The third kappa shape index (κ3) is 5.52. The van der Waals surface area contributed by atoms with Crippen molar-refractivity contribution in [3.63, 3.8) is 0 Å². The zero-order chi connectivity index (χ0) is 21.2. The summed E-state index contributed by atoms with van der Waals surface area (Å²) in [5, 5.41) is 5.64. The number of fused-ring (bicyclic) bond motifs is 5. The van der Waals surface area contributed by atoms with Crippen molar-refractivity contribution in [2.75, 3.05) is 19.6 Å². The van der Waals surface area contributed by atoms with Gasteiger partial charge in [-0.25, -0.2) is 0 Å². The van der Waals surface area contributed by atoms with Gasteiger partial charge in [-0.3, -0.25) is 0 Å². The van der Waals surface area contributed by atoms with Gasteiger partial charge in [0, 0.05) is 12.4 Å². The van der Waals surface area contributed by atoms with E-state index in [0.717, 1.165) is 0 Å². The van der Waals surface area contributed by atoms with Crippen LogP contribution < -0.4 is 0 Å². The number of aryl methyl sites for hydroxylation is 2. The molecule has 1 aromatic heterocycles. The van der Waals surface area contributed by atoms with E-state index in [4.69, 9.17) is 0 Å². The molecule has 4 aromatic rings. The fourth-order valence-corrected chi connectivity index (χ4v) is 4.29. The molecule has 2 nitrogen and oxygen atoms in total. The lowest BCUT2D eigenvalue weighted by Crippen LogP contribution is -2.21. The fraction of sp³-hybridized carbons (Fsp3) is 0.357. The van der Waals surface area contributed by atoms with E-state index in [9.17, 15) is 0 Å². The highest BCUT2D eigenvalue weighted by atomic mass is 15.1. The van der Waals surface area contributed by atoms with Crippen molar-refractivity contribution in [2.24, 2.45) is 0 Å². The van der Waals surface area contributed by atoms with E-state index in [1.165, 1.54) is 66.9 Å². The van der Waals surface area contributed by atoms with Crippen LogP contribution in [0.15, 0.2) is 73.1 Å². The third-order valence-corrected chi connectivity index (χ3v) is 6.10. The Morgan fingerprint density at radius 2 is 1.33 bits per heavy atom. The van der Waals surface area contributed by atoms with Crippen LogP contribution in [0.1, 0.15) is 44.7 Å². The lowest BCUT2D eigenvalue weighted by atomic mass is 9.86. The summed E-state index contributed by atoms with van der Waals surface area (Å²) in [5.41, 5.74) is 3.17. The number of H-pyrrole nitrogens is 1. The molecular weight excluding hydrogens is 364 g/mol. The van der Waals surface area contributed by atoms with Crippen LogP contribution in [0, 0.1) is 0 Å². The number of hydrogen-bond donors (Lipinski definition) is 1. The summed E-state index contributed by atoms with van der Waals surface area (Å²) in [6.45, 7) is 10.1. The van der Waals surface area contributed by atoms with Gasteiger partial charge in [-0.15, -0.1) is 0 Å². The van der Waals surface area contributed by atoms with Gasteiger partial charge < -0.3 is 9.88 Å². The van der Waals surface area contributed by atoms with Crippen LogP contribution >= 0.6 is 0 Å². The van der Waals surface area contributed by atoms with Crippen LogP contribution in [0.5, 0.6) is 0 Å². The van der Waals surface area contributed by atoms with Gasteiger partial charge in [0.25, 0.3) is 0 Å². The average Bonchev–Trinajstić information content (AvgIpc) is 3.41. The predicted molar refractivity (Wildman–Crippen MR) is 132 cm³/mol. The Balaban J connectivity index is 0.000000177. The highest BCUT2D eigenvalue weighted by Gasteiger charge is 2.13. The molecular formula is C28H36N2. The van der Waals surface area contributed by atoms with Crippen molar-refractivity contribution in [2.45, 2.75) is 46.5 Å². The minimum absolute atomic E-state index is 1.19. The normalized spacial score (nSPS) is 12.7. The Morgan fingerprint density at radius 3 is 1.97 bits per heavy atom. The number of benzene rings is 3. The van der Waals surface area contributed by atoms with Crippen molar-refractivity contribution >= 4 is 21.5 Å². The monoisotopic (exact) mass is 400 g/mol. The Kier molecular flexibility index (Phi) is 8.53. The Morgan fingerprint density at radius 1 is 0.667 bits per heavy atom. The maximum absolute atomic E-state index is 2.86. The molecule has 0 unspecified atom stereocenters. The smallest absolute Gasteiger partial charge is 0.000496 e. The first-order valence-corrected chi connectivity index (χ1v) is 11.5. The van der Waals surface area contributed by atoms with Crippen LogP contribution in [0.4, 0.5) is 0 Å². The van der Waals surface area contributed by atoms with Gasteiger partial charge in [-0.2, -0.15) is 0 Å². The number of nitrogens with one attached hydrogen (secondary N) is 1. The molecule has 2 heteroatoms. The summed E-state index contributed by atoms with van der Waals surface area (Å²) >= 11 is 0. The van der Waals surface area contributed by atoms with Gasteiger partial charge in [0.05, 0.1) is 0 Å². The maximum Gasteiger partial charge on any atom is 0.000496 e. The third-order valence-electron chi connectivity index (χ3n) is 6.10.